The topological polar surface area (TPSA) is 54.8 Å². The number of hydrogen-bond donors (Lipinski definition) is 0. The van der Waals surface area contributed by atoms with E-state index in [1.807, 2.05) is 37.5 Å². The van der Waals surface area contributed by atoms with Crippen LogP contribution in [0.1, 0.15) is 17.0 Å². The van der Waals surface area contributed by atoms with Crippen LogP contribution in [0.4, 0.5) is 5.82 Å². The van der Waals surface area contributed by atoms with E-state index >= 15 is 0 Å². The highest BCUT2D eigenvalue weighted by molar-refractivity contribution is 5.63. The van der Waals surface area contributed by atoms with Gasteiger partial charge < -0.3 is 4.90 Å². The molecule has 5 nitrogen and oxygen atoms in total. The minimum atomic E-state index is 0.908. The Kier molecular flexibility index (Phi) is 3.91. The first-order valence-electron chi connectivity index (χ1n) is 8.23. The lowest BCUT2D eigenvalue weighted by Gasteiger charge is -2.21. The van der Waals surface area contributed by atoms with Gasteiger partial charge in [-0.3, -0.25) is 4.98 Å². The molecule has 0 saturated heterocycles. The second-order valence-corrected chi connectivity index (χ2v) is 6.01. The first kappa shape index (κ1) is 14.8. The lowest BCUT2D eigenvalue weighted by atomic mass is 10.0. The summed E-state index contributed by atoms with van der Waals surface area (Å²) >= 11 is 0. The van der Waals surface area contributed by atoms with Crippen molar-refractivity contribution in [3.63, 3.8) is 0 Å². The third-order valence-corrected chi connectivity index (χ3v) is 4.44. The molecule has 0 radical (unpaired) electrons. The molecule has 0 unspecified atom stereocenters. The van der Waals surface area contributed by atoms with Gasteiger partial charge in [0.05, 0.1) is 5.69 Å². The maximum Gasteiger partial charge on any atom is 0.128 e. The summed E-state index contributed by atoms with van der Waals surface area (Å²) in [6.07, 6.45) is 7.12. The van der Waals surface area contributed by atoms with Crippen molar-refractivity contribution in [1.29, 1.82) is 0 Å². The first-order chi connectivity index (χ1) is 11.8. The summed E-state index contributed by atoms with van der Waals surface area (Å²) in [4.78, 5) is 20.2. The number of anilines is 1. The number of aromatic nitrogens is 4. The Balaban J connectivity index is 1.66. The van der Waals surface area contributed by atoms with Crippen LogP contribution in [0.2, 0.25) is 0 Å². The van der Waals surface area contributed by atoms with Crippen LogP contribution in [-0.2, 0) is 12.8 Å². The van der Waals surface area contributed by atoms with E-state index in [0.717, 1.165) is 54.4 Å². The number of rotatable bonds is 2. The van der Waals surface area contributed by atoms with Gasteiger partial charge in [0, 0.05) is 54.4 Å². The molecule has 3 aromatic heterocycles. The van der Waals surface area contributed by atoms with Crippen molar-refractivity contribution in [2.24, 2.45) is 0 Å². The first-order valence-corrected chi connectivity index (χ1v) is 8.23. The maximum atomic E-state index is 4.66. The quantitative estimate of drug-likeness (QED) is 0.727. The van der Waals surface area contributed by atoms with E-state index in [0.29, 0.717) is 0 Å². The molecule has 4 heterocycles. The molecule has 3 aromatic rings. The third kappa shape index (κ3) is 2.85. The van der Waals surface area contributed by atoms with Crippen molar-refractivity contribution in [2.75, 3.05) is 18.0 Å². The average Bonchev–Trinajstić information content (AvgIpc) is 2.85. The van der Waals surface area contributed by atoms with Gasteiger partial charge in [0.25, 0.3) is 0 Å². The van der Waals surface area contributed by atoms with Gasteiger partial charge >= 0.3 is 0 Å². The van der Waals surface area contributed by atoms with Crippen molar-refractivity contribution in [1.82, 2.24) is 19.9 Å². The van der Waals surface area contributed by atoms with Gasteiger partial charge in [-0.25, -0.2) is 15.0 Å². The van der Waals surface area contributed by atoms with Crippen LogP contribution in [0.3, 0.4) is 0 Å². The van der Waals surface area contributed by atoms with Crippen LogP contribution in [0.15, 0.2) is 49.1 Å². The lowest BCUT2D eigenvalue weighted by Crippen LogP contribution is -2.27. The van der Waals surface area contributed by atoms with Gasteiger partial charge in [-0.15, -0.1) is 0 Å². The van der Waals surface area contributed by atoms with Crippen molar-refractivity contribution in [2.45, 2.75) is 19.8 Å². The Labute approximate surface area is 141 Å². The summed E-state index contributed by atoms with van der Waals surface area (Å²) in [6.45, 7) is 3.88. The fourth-order valence-corrected chi connectivity index (χ4v) is 3.22. The maximum absolute atomic E-state index is 4.66. The molecule has 0 atom stereocenters. The van der Waals surface area contributed by atoms with Gasteiger partial charge in [0.15, 0.2) is 0 Å². The minimum Gasteiger partial charge on any atom is -0.356 e. The van der Waals surface area contributed by atoms with Crippen molar-refractivity contribution < 1.29 is 0 Å². The normalized spacial score (nSPS) is 14.1. The number of hydrogen-bond acceptors (Lipinski definition) is 5. The van der Waals surface area contributed by atoms with E-state index in [2.05, 4.69) is 37.0 Å². The molecular formula is C19H19N5. The van der Waals surface area contributed by atoms with Gasteiger partial charge in [-0.2, -0.15) is 0 Å². The monoisotopic (exact) mass is 317 g/mol. The lowest BCUT2D eigenvalue weighted by molar-refractivity contribution is 0.785. The molecule has 0 saturated carbocycles. The number of nitrogens with zero attached hydrogens (tertiary/aromatic N) is 5. The molecule has 0 amide bonds. The molecule has 0 N–H and O–H groups in total. The van der Waals surface area contributed by atoms with Gasteiger partial charge in [-0.1, -0.05) is 6.07 Å². The molecular weight excluding hydrogens is 298 g/mol. The minimum absolute atomic E-state index is 0.908. The molecule has 0 fully saturated rings. The molecule has 0 spiro atoms. The van der Waals surface area contributed by atoms with Crippen LogP contribution in [0, 0.1) is 6.92 Å². The Morgan fingerprint density at radius 1 is 0.958 bits per heavy atom. The van der Waals surface area contributed by atoms with Crippen LogP contribution in [0.25, 0.3) is 11.3 Å². The van der Waals surface area contributed by atoms with Crippen LogP contribution in [0.5, 0.6) is 0 Å². The zero-order chi connectivity index (χ0) is 16.4. The molecule has 4 rings (SSSR count). The number of aryl methyl sites for hydroxylation is 1. The summed E-state index contributed by atoms with van der Waals surface area (Å²) < 4.78 is 0. The van der Waals surface area contributed by atoms with Crippen LogP contribution >= 0.6 is 0 Å². The van der Waals surface area contributed by atoms with Gasteiger partial charge in [0.2, 0.25) is 0 Å². The standard InChI is InChI=1S/C19H19N5/c1-14-3-2-4-18(23-14)24-11-7-16-17(8-12-24)21-13-22-19(16)15-5-9-20-10-6-15/h2-6,9-10,13H,7-8,11-12H2,1H3. The molecule has 0 aromatic carbocycles. The summed E-state index contributed by atoms with van der Waals surface area (Å²) in [5, 5.41) is 0. The van der Waals surface area contributed by atoms with Gasteiger partial charge in [0.1, 0.15) is 12.1 Å². The molecule has 120 valence electrons. The Bertz CT molecular complexity index is 847. The van der Waals surface area contributed by atoms with E-state index < -0.39 is 0 Å². The van der Waals surface area contributed by atoms with Gasteiger partial charge in [-0.05, 0) is 37.6 Å². The predicted molar refractivity (Wildman–Crippen MR) is 93.9 cm³/mol. The highest BCUT2D eigenvalue weighted by atomic mass is 15.2. The fourth-order valence-electron chi connectivity index (χ4n) is 3.22. The van der Waals surface area contributed by atoms with E-state index in [4.69, 9.17) is 0 Å². The number of fused-ring (bicyclic) bond motifs is 1. The van der Waals surface area contributed by atoms with E-state index in [9.17, 15) is 0 Å². The number of pyridine rings is 2. The third-order valence-electron chi connectivity index (χ3n) is 4.44. The Morgan fingerprint density at radius 2 is 1.79 bits per heavy atom. The summed E-state index contributed by atoms with van der Waals surface area (Å²) in [5.74, 6) is 1.04. The van der Waals surface area contributed by atoms with E-state index in [-0.39, 0.29) is 0 Å². The zero-order valence-electron chi connectivity index (χ0n) is 13.7. The van der Waals surface area contributed by atoms with Crippen molar-refractivity contribution >= 4 is 5.82 Å². The molecule has 0 aliphatic carbocycles. The SMILES string of the molecule is Cc1cccc(N2CCc3ncnc(-c4ccncc4)c3CC2)n1. The highest BCUT2D eigenvalue weighted by Crippen LogP contribution is 2.26. The van der Waals surface area contributed by atoms with Crippen LogP contribution in [-0.4, -0.2) is 33.0 Å². The van der Waals surface area contributed by atoms with Crippen LogP contribution < -0.4 is 4.90 Å². The van der Waals surface area contributed by atoms with E-state index in [1.165, 1.54) is 5.56 Å². The average molecular weight is 317 g/mol. The smallest absolute Gasteiger partial charge is 0.128 e. The summed E-state index contributed by atoms with van der Waals surface area (Å²) in [5.41, 5.74) is 5.57. The molecule has 1 aliphatic heterocycles. The zero-order valence-corrected chi connectivity index (χ0v) is 13.7. The second kappa shape index (κ2) is 6.35. The molecule has 5 heteroatoms. The Hall–Kier alpha value is -2.82. The largest absolute Gasteiger partial charge is 0.356 e. The fraction of sp³-hybridized carbons (Fsp3) is 0.263. The predicted octanol–water partition coefficient (Wildman–Crippen LogP) is 2.85. The van der Waals surface area contributed by atoms with Crippen molar-refractivity contribution in [3.8, 4) is 11.3 Å². The summed E-state index contributed by atoms with van der Waals surface area (Å²) in [7, 11) is 0. The second-order valence-electron chi connectivity index (χ2n) is 6.01. The summed E-state index contributed by atoms with van der Waals surface area (Å²) in [6, 6.07) is 10.2. The van der Waals surface area contributed by atoms with E-state index in [1.54, 1.807) is 6.33 Å². The molecule has 24 heavy (non-hydrogen) atoms. The highest BCUT2D eigenvalue weighted by Gasteiger charge is 2.20. The Morgan fingerprint density at radius 3 is 2.62 bits per heavy atom. The molecule has 1 aliphatic rings. The molecule has 0 bridgehead atoms. The van der Waals surface area contributed by atoms with Crippen molar-refractivity contribution in [3.05, 3.63) is 66.0 Å².